The van der Waals surface area contributed by atoms with Crippen LogP contribution in [0.25, 0.3) is 0 Å². The molecule has 0 spiro atoms. The average Bonchev–Trinajstić information content (AvgIpc) is 2.70. The van der Waals surface area contributed by atoms with Gasteiger partial charge in [-0.3, -0.25) is 9.59 Å². The van der Waals surface area contributed by atoms with Crippen molar-refractivity contribution in [1.29, 1.82) is 0 Å². The Bertz CT molecular complexity index is 823. The van der Waals surface area contributed by atoms with Crippen LogP contribution < -0.4 is 10.6 Å². The van der Waals surface area contributed by atoms with Gasteiger partial charge in [0, 0.05) is 17.8 Å². The van der Waals surface area contributed by atoms with Gasteiger partial charge in [0.15, 0.2) is 5.78 Å². The Hall–Kier alpha value is -3.19. The number of esters is 1. The van der Waals surface area contributed by atoms with E-state index in [1.165, 1.54) is 7.11 Å². The van der Waals surface area contributed by atoms with Crippen LogP contribution in [-0.4, -0.2) is 42.0 Å². The Morgan fingerprint density at radius 2 is 1.68 bits per heavy atom. The standard InChI is InChI=1S/C21H24N2O5/c1-14(21(27)28-2)23-17-11-7-6-10-16(17)20(26)18(12-19(24)25)22-13-15-8-4-3-5-9-15/h3-11,14,18,22-23H,12-13H2,1-2H3,(H,24,25)/t14?,18-/m0/s1. The third-order valence-corrected chi connectivity index (χ3v) is 4.21. The zero-order valence-electron chi connectivity index (χ0n) is 15.8. The lowest BCUT2D eigenvalue weighted by atomic mass is 9.99. The minimum Gasteiger partial charge on any atom is -0.481 e. The van der Waals surface area contributed by atoms with E-state index in [0.29, 0.717) is 17.8 Å². The SMILES string of the molecule is COC(=O)C(C)Nc1ccccc1C(=O)[C@H](CC(=O)O)NCc1ccccc1. The van der Waals surface area contributed by atoms with Crippen LogP contribution in [0.3, 0.4) is 0 Å². The van der Waals surface area contributed by atoms with E-state index >= 15 is 0 Å². The molecular formula is C21H24N2O5. The van der Waals surface area contributed by atoms with Crippen LogP contribution in [0.1, 0.15) is 29.3 Å². The Morgan fingerprint density at radius 1 is 1.04 bits per heavy atom. The second-order valence-electron chi connectivity index (χ2n) is 6.32. The van der Waals surface area contributed by atoms with E-state index < -0.39 is 24.0 Å². The summed E-state index contributed by atoms with van der Waals surface area (Å²) in [7, 11) is 1.29. The summed E-state index contributed by atoms with van der Waals surface area (Å²) in [6.45, 7) is 1.98. The molecule has 28 heavy (non-hydrogen) atoms. The van der Waals surface area contributed by atoms with Gasteiger partial charge < -0.3 is 20.5 Å². The fraction of sp³-hybridized carbons (Fsp3) is 0.286. The van der Waals surface area contributed by atoms with Gasteiger partial charge in [0.25, 0.3) is 0 Å². The number of para-hydroxylation sites is 1. The molecule has 7 nitrogen and oxygen atoms in total. The highest BCUT2D eigenvalue weighted by molar-refractivity contribution is 6.06. The molecule has 0 saturated carbocycles. The first-order valence-corrected chi connectivity index (χ1v) is 8.89. The van der Waals surface area contributed by atoms with Gasteiger partial charge in [0.2, 0.25) is 0 Å². The first-order valence-electron chi connectivity index (χ1n) is 8.89. The number of Topliss-reactive ketones (excluding diaryl/α,β-unsaturated/α-hetero) is 1. The van der Waals surface area contributed by atoms with E-state index in [0.717, 1.165) is 5.56 Å². The van der Waals surface area contributed by atoms with Gasteiger partial charge in [0.1, 0.15) is 6.04 Å². The van der Waals surface area contributed by atoms with Gasteiger partial charge in [0.05, 0.1) is 19.6 Å². The zero-order chi connectivity index (χ0) is 20.5. The number of hydrogen-bond acceptors (Lipinski definition) is 6. The molecule has 2 atom stereocenters. The van der Waals surface area contributed by atoms with E-state index in [-0.39, 0.29) is 12.2 Å². The molecule has 148 valence electrons. The second-order valence-corrected chi connectivity index (χ2v) is 6.32. The smallest absolute Gasteiger partial charge is 0.327 e. The number of carboxylic acid groups (broad SMARTS) is 1. The van der Waals surface area contributed by atoms with Crippen molar-refractivity contribution in [2.24, 2.45) is 0 Å². The molecule has 0 radical (unpaired) electrons. The van der Waals surface area contributed by atoms with E-state index in [1.807, 2.05) is 30.3 Å². The normalized spacial score (nSPS) is 12.6. The molecule has 0 heterocycles. The van der Waals surface area contributed by atoms with Crippen molar-refractivity contribution in [3.05, 3.63) is 65.7 Å². The van der Waals surface area contributed by atoms with Gasteiger partial charge in [-0.25, -0.2) is 4.79 Å². The second kappa shape index (κ2) is 10.2. The molecule has 0 fully saturated rings. The number of aliphatic carboxylic acids is 1. The third kappa shape index (κ3) is 5.92. The van der Waals surface area contributed by atoms with Crippen LogP contribution in [0.5, 0.6) is 0 Å². The lowest BCUT2D eigenvalue weighted by Crippen LogP contribution is -2.39. The van der Waals surface area contributed by atoms with Crippen LogP contribution in [0, 0.1) is 0 Å². The Balaban J connectivity index is 2.21. The zero-order valence-corrected chi connectivity index (χ0v) is 15.8. The van der Waals surface area contributed by atoms with Crippen molar-refractivity contribution < 1.29 is 24.2 Å². The summed E-state index contributed by atoms with van der Waals surface area (Å²) in [5, 5.41) is 15.2. The summed E-state index contributed by atoms with van der Waals surface area (Å²) in [5.74, 6) is -1.91. The van der Waals surface area contributed by atoms with Crippen molar-refractivity contribution in [3.63, 3.8) is 0 Å². The topological polar surface area (TPSA) is 105 Å². The molecule has 0 aliphatic rings. The maximum atomic E-state index is 13.1. The van der Waals surface area contributed by atoms with E-state index in [1.54, 1.807) is 31.2 Å². The first kappa shape index (κ1) is 21.1. The number of ketones is 1. The molecule has 1 unspecified atom stereocenters. The summed E-state index contributed by atoms with van der Waals surface area (Å²) in [5.41, 5.74) is 1.70. The summed E-state index contributed by atoms with van der Waals surface area (Å²) < 4.78 is 4.70. The number of carbonyl (C=O) groups excluding carboxylic acids is 2. The molecule has 3 N–H and O–H groups in total. The van der Waals surface area contributed by atoms with Gasteiger partial charge in [-0.1, -0.05) is 42.5 Å². The Kier molecular flexibility index (Phi) is 7.71. The Labute approximate surface area is 163 Å². The fourth-order valence-electron chi connectivity index (χ4n) is 2.75. The van der Waals surface area contributed by atoms with Crippen molar-refractivity contribution in [1.82, 2.24) is 5.32 Å². The number of benzene rings is 2. The molecule has 0 saturated heterocycles. The lowest BCUT2D eigenvalue weighted by molar-refractivity contribution is -0.141. The van der Waals surface area contributed by atoms with Crippen LogP contribution in [-0.2, 0) is 20.9 Å². The molecule has 7 heteroatoms. The van der Waals surface area contributed by atoms with Crippen LogP contribution in [0.4, 0.5) is 5.69 Å². The monoisotopic (exact) mass is 384 g/mol. The highest BCUT2D eigenvalue weighted by Crippen LogP contribution is 2.19. The van der Waals surface area contributed by atoms with E-state index in [2.05, 4.69) is 10.6 Å². The van der Waals surface area contributed by atoms with Crippen LogP contribution in [0.2, 0.25) is 0 Å². The molecule has 0 aliphatic carbocycles. The largest absolute Gasteiger partial charge is 0.481 e. The van der Waals surface area contributed by atoms with Crippen molar-refractivity contribution in [3.8, 4) is 0 Å². The molecule has 0 aromatic heterocycles. The number of methoxy groups -OCH3 is 1. The number of carbonyl (C=O) groups is 3. The first-order chi connectivity index (χ1) is 13.4. The highest BCUT2D eigenvalue weighted by Gasteiger charge is 2.25. The summed E-state index contributed by atoms with van der Waals surface area (Å²) in [4.78, 5) is 36.0. The number of hydrogen-bond donors (Lipinski definition) is 3. The minimum atomic E-state index is -1.08. The number of rotatable bonds is 10. The minimum absolute atomic E-state index is 0.310. The number of ether oxygens (including phenoxy) is 1. The maximum absolute atomic E-state index is 13.1. The van der Waals surface area contributed by atoms with Crippen LogP contribution >= 0.6 is 0 Å². The summed E-state index contributed by atoms with van der Waals surface area (Å²) in [6.07, 6.45) is -0.355. The van der Waals surface area contributed by atoms with Gasteiger partial charge in [-0.15, -0.1) is 0 Å². The summed E-state index contributed by atoms with van der Waals surface area (Å²) >= 11 is 0. The van der Waals surface area contributed by atoms with E-state index in [4.69, 9.17) is 4.74 Å². The Morgan fingerprint density at radius 3 is 2.32 bits per heavy atom. The summed E-state index contributed by atoms with van der Waals surface area (Å²) in [6, 6.07) is 14.5. The molecular weight excluding hydrogens is 360 g/mol. The molecule has 0 bridgehead atoms. The fourth-order valence-corrected chi connectivity index (χ4v) is 2.75. The maximum Gasteiger partial charge on any atom is 0.327 e. The predicted octanol–water partition coefficient (Wildman–Crippen LogP) is 2.48. The van der Waals surface area contributed by atoms with Crippen LogP contribution in [0.15, 0.2) is 54.6 Å². The van der Waals surface area contributed by atoms with Crippen molar-refractivity contribution in [2.75, 3.05) is 12.4 Å². The molecule has 0 amide bonds. The highest BCUT2D eigenvalue weighted by atomic mass is 16.5. The quantitative estimate of drug-likeness (QED) is 0.427. The van der Waals surface area contributed by atoms with Crippen molar-refractivity contribution in [2.45, 2.75) is 32.0 Å². The number of anilines is 1. The van der Waals surface area contributed by atoms with Crippen molar-refractivity contribution >= 4 is 23.4 Å². The molecule has 0 aliphatic heterocycles. The molecule has 2 rings (SSSR count). The number of carboxylic acids is 1. The van der Waals surface area contributed by atoms with Gasteiger partial charge in [-0.05, 0) is 24.6 Å². The molecule has 2 aromatic rings. The van der Waals surface area contributed by atoms with E-state index in [9.17, 15) is 19.5 Å². The molecule has 2 aromatic carbocycles. The lowest BCUT2D eigenvalue weighted by Gasteiger charge is -2.20. The van der Waals surface area contributed by atoms with Gasteiger partial charge in [-0.2, -0.15) is 0 Å². The number of nitrogens with one attached hydrogen (secondary N) is 2. The third-order valence-electron chi connectivity index (χ3n) is 4.21. The van der Waals surface area contributed by atoms with Gasteiger partial charge >= 0.3 is 11.9 Å². The average molecular weight is 384 g/mol. The predicted molar refractivity (Wildman–Crippen MR) is 105 cm³/mol.